The van der Waals surface area contributed by atoms with Crippen LogP contribution in [0.4, 0.5) is 10.2 Å². The number of nitrogens with one attached hydrogen (secondary N) is 1. The number of carboxylic acids is 1. The Kier molecular flexibility index (Phi) is 4.83. The summed E-state index contributed by atoms with van der Waals surface area (Å²) in [7, 11) is 3.95. The van der Waals surface area contributed by atoms with Gasteiger partial charge in [0.1, 0.15) is 17.2 Å². The van der Waals surface area contributed by atoms with E-state index in [2.05, 4.69) is 29.0 Å². The maximum atomic E-state index is 13.0. The van der Waals surface area contributed by atoms with Gasteiger partial charge in [-0.25, -0.2) is 14.2 Å². The number of rotatable bonds is 6. The molecule has 1 rings (SSSR count). The first-order chi connectivity index (χ1) is 8.71. The van der Waals surface area contributed by atoms with E-state index in [-0.39, 0.29) is 16.8 Å². The molecule has 0 saturated heterocycles. The first-order valence-corrected chi connectivity index (χ1v) is 5.99. The fourth-order valence-electron chi connectivity index (χ4n) is 1.98. The average Bonchev–Trinajstić information content (AvgIpc) is 2.25. The maximum absolute atomic E-state index is 13.0. The quantitative estimate of drug-likeness (QED) is 0.826. The number of aromatic carboxylic acids is 1. The molecule has 19 heavy (non-hydrogen) atoms. The van der Waals surface area contributed by atoms with Gasteiger partial charge in [-0.2, -0.15) is 0 Å². The molecule has 0 atom stereocenters. The second-order valence-electron chi connectivity index (χ2n) is 5.61. The topological polar surface area (TPSA) is 65.5 Å². The zero-order valence-electron chi connectivity index (χ0n) is 11.7. The number of halogens is 1. The van der Waals surface area contributed by atoms with Gasteiger partial charge in [0.05, 0.1) is 6.20 Å². The maximum Gasteiger partial charge on any atom is 0.339 e. The van der Waals surface area contributed by atoms with E-state index in [9.17, 15) is 9.18 Å². The Hall–Kier alpha value is -1.69. The molecular weight excluding hydrogens is 249 g/mol. The molecule has 0 spiro atoms. The molecule has 0 aromatic carbocycles. The molecule has 0 aliphatic carbocycles. The number of anilines is 1. The molecule has 0 amide bonds. The molecule has 1 aromatic heterocycles. The van der Waals surface area contributed by atoms with E-state index in [0.717, 1.165) is 18.8 Å². The third kappa shape index (κ3) is 4.82. The van der Waals surface area contributed by atoms with Gasteiger partial charge in [0.15, 0.2) is 0 Å². The van der Waals surface area contributed by atoms with Gasteiger partial charge in [-0.15, -0.1) is 0 Å². The molecule has 6 heteroatoms. The minimum absolute atomic E-state index is 0.0602. The lowest BCUT2D eigenvalue weighted by Crippen LogP contribution is -2.34. The molecule has 2 N–H and O–H groups in total. The number of nitrogens with zero attached hydrogens (tertiary/aromatic N) is 2. The van der Waals surface area contributed by atoms with Crippen molar-refractivity contribution < 1.29 is 14.3 Å². The second kappa shape index (κ2) is 5.97. The molecule has 1 aromatic rings. The fourth-order valence-corrected chi connectivity index (χ4v) is 1.98. The molecule has 5 nitrogen and oxygen atoms in total. The fraction of sp³-hybridized carbons (Fsp3) is 0.538. The number of carboxylic acid groups (broad SMARTS) is 1. The summed E-state index contributed by atoms with van der Waals surface area (Å²) in [4.78, 5) is 16.9. The first kappa shape index (κ1) is 15.4. The van der Waals surface area contributed by atoms with Crippen molar-refractivity contribution in [3.8, 4) is 0 Å². The highest BCUT2D eigenvalue weighted by Gasteiger charge is 2.20. The van der Waals surface area contributed by atoms with Crippen molar-refractivity contribution in [3.05, 3.63) is 23.6 Å². The average molecular weight is 269 g/mol. The van der Waals surface area contributed by atoms with Crippen LogP contribution in [0.15, 0.2) is 12.3 Å². The standard InChI is InChI=1S/C13H20FN3O2/c1-13(2,8-17(3)4)7-16-11-10(12(18)19)5-9(14)6-15-11/h5-6H,7-8H2,1-4H3,(H,15,16)(H,18,19). The van der Waals surface area contributed by atoms with Gasteiger partial charge in [-0.05, 0) is 25.6 Å². The Bertz CT molecular complexity index is 461. The van der Waals surface area contributed by atoms with E-state index in [1.165, 1.54) is 0 Å². The third-order valence-electron chi connectivity index (χ3n) is 2.56. The SMILES string of the molecule is CN(C)CC(C)(C)CNc1ncc(F)cc1C(=O)O. The highest BCUT2D eigenvalue weighted by molar-refractivity contribution is 5.93. The van der Waals surface area contributed by atoms with Crippen LogP contribution in [-0.2, 0) is 0 Å². The summed E-state index contributed by atoms with van der Waals surface area (Å²) in [5.74, 6) is -1.66. The third-order valence-corrected chi connectivity index (χ3v) is 2.56. The molecule has 106 valence electrons. The van der Waals surface area contributed by atoms with Crippen LogP contribution in [0.25, 0.3) is 0 Å². The van der Waals surface area contributed by atoms with Gasteiger partial charge >= 0.3 is 5.97 Å². The molecule has 0 fully saturated rings. The summed E-state index contributed by atoms with van der Waals surface area (Å²) in [6.07, 6.45) is 1.01. The van der Waals surface area contributed by atoms with Gasteiger partial charge in [-0.1, -0.05) is 13.8 Å². The molecule has 0 aliphatic heterocycles. The van der Waals surface area contributed by atoms with Crippen LogP contribution in [0.3, 0.4) is 0 Å². The van der Waals surface area contributed by atoms with E-state index in [1.54, 1.807) is 0 Å². The molecular formula is C13H20FN3O2. The van der Waals surface area contributed by atoms with Crippen molar-refractivity contribution in [1.29, 1.82) is 0 Å². The van der Waals surface area contributed by atoms with E-state index in [0.29, 0.717) is 6.54 Å². The lowest BCUT2D eigenvalue weighted by Gasteiger charge is -2.28. The van der Waals surface area contributed by atoms with Gasteiger partial charge in [0, 0.05) is 13.1 Å². The van der Waals surface area contributed by atoms with Crippen LogP contribution in [0.5, 0.6) is 0 Å². The van der Waals surface area contributed by atoms with Crippen LogP contribution >= 0.6 is 0 Å². The summed E-state index contributed by atoms with van der Waals surface area (Å²) in [6, 6.07) is 0.969. The monoisotopic (exact) mass is 269 g/mol. The molecule has 1 heterocycles. The largest absolute Gasteiger partial charge is 0.478 e. The van der Waals surface area contributed by atoms with Gasteiger partial charge in [0.2, 0.25) is 0 Å². The summed E-state index contributed by atoms with van der Waals surface area (Å²) in [6.45, 7) is 5.50. The van der Waals surface area contributed by atoms with Crippen LogP contribution in [0.1, 0.15) is 24.2 Å². The first-order valence-electron chi connectivity index (χ1n) is 5.99. The summed E-state index contributed by atoms with van der Waals surface area (Å²) < 4.78 is 13.0. The normalized spacial score (nSPS) is 11.7. The van der Waals surface area contributed by atoms with E-state index >= 15 is 0 Å². The van der Waals surface area contributed by atoms with Crippen molar-refractivity contribution in [2.45, 2.75) is 13.8 Å². The van der Waals surface area contributed by atoms with E-state index < -0.39 is 11.8 Å². The Balaban J connectivity index is 2.80. The van der Waals surface area contributed by atoms with Crippen molar-refractivity contribution in [3.63, 3.8) is 0 Å². The van der Waals surface area contributed by atoms with Crippen molar-refractivity contribution in [2.24, 2.45) is 5.41 Å². The lowest BCUT2D eigenvalue weighted by atomic mass is 9.93. The predicted octanol–water partition coefficient (Wildman–Crippen LogP) is 1.92. The Labute approximate surface area is 112 Å². The molecule has 0 saturated carbocycles. The second-order valence-corrected chi connectivity index (χ2v) is 5.61. The smallest absolute Gasteiger partial charge is 0.339 e. The van der Waals surface area contributed by atoms with E-state index in [1.807, 2.05) is 14.1 Å². The van der Waals surface area contributed by atoms with Crippen LogP contribution in [0.2, 0.25) is 0 Å². The number of aromatic nitrogens is 1. The highest BCUT2D eigenvalue weighted by atomic mass is 19.1. The highest BCUT2D eigenvalue weighted by Crippen LogP contribution is 2.19. The molecule has 0 unspecified atom stereocenters. The van der Waals surface area contributed by atoms with Crippen LogP contribution in [0, 0.1) is 11.2 Å². The van der Waals surface area contributed by atoms with Gasteiger partial charge in [-0.3, -0.25) is 0 Å². The Morgan fingerprint density at radius 3 is 2.68 bits per heavy atom. The van der Waals surface area contributed by atoms with Gasteiger partial charge < -0.3 is 15.3 Å². The number of pyridine rings is 1. The van der Waals surface area contributed by atoms with Crippen LogP contribution in [-0.4, -0.2) is 48.1 Å². The van der Waals surface area contributed by atoms with Crippen molar-refractivity contribution >= 4 is 11.8 Å². The molecule has 0 aliphatic rings. The summed E-state index contributed by atoms with van der Waals surface area (Å²) >= 11 is 0. The number of hydrogen-bond donors (Lipinski definition) is 2. The molecule has 0 bridgehead atoms. The Morgan fingerprint density at radius 2 is 2.16 bits per heavy atom. The predicted molar refractivity (Wildman–Crippen MR) is 72.0 cm³/mol. The van der Waals surface area contributed by atoms with Crippen molar-refractivity contribution in [1.82, 2.24) is 9.88 Å². The van der Waals surface area contributed by atoms with Gasteiger partial charge in [0.25, 0.3) is 0 Å². The van der Waals surface area contributed by atoms with Crippen molar-refractivity contribution in [2.75, 3.05) is 32.5 Å². The van der Waals surface area contributed by atoms with Crippen LogP contribution < -0.4 is 5.32 Å². The number of carbonyl (C=O) groups is 1. The summed E-state index contributed by atoms with van der Waals surface area (Å²) in [5.41, 5.74) is -0.212. The van der Waals surface area contributed by atoms with E-state index in [4.69, 9.17) is 5.11 Å². The number of hydrogen-bond acceptors (Lipinski definition) is 4. The zero-order valence-corrected chi connectivity index (χ0v) is 11.7. The lowest BCUT2D eigenvalue weighted by molar-refractivity contribution is 0.0697. The summed E-state index contributed by atoms with van der Waals surface area (Å²) in [5, 5.41) is 12.0. The minimum Gasteiger partial charge on any atom is -0.478 e. The molecule has 0 radical (unpaired) electrons. The minimum atomic E-state index is -1.19. The Morgan fingerprint density at radius 1 is 1.53 bits per heavy atom. The zero-order chi connectivity index (χ0) is 14.6.